The third kappa shape index (κ3) is 6.92. The third-order valence-electron chi connectivity index (χ3n) is 5.34. The van der Waals surface area contributed by atoms with Crippen LogP contribution in [0, 0.1) is 12.7 Å². The van der Waals surface area contributed by atoms with Crippen LogP contribution in [0.1, 0.15) is 11.1 Å². The summed E-state index contributed by atoms with van der Waals surface area (Å²) >= 11 is 1.48. The zero-order valence-electron chi connectivity index (χ0n) is 20.4. The number of amides is 1. The second kappa shape index (κ2) is 12.6. The molecule has 0 radical (unpaired) electrons. The fourth-order valence-corrected chi connectivity index (χ4v) is 5.66. The first-order valence-electron chi connectivity index (χ1n) is 11.2. The number of ether oxygens (including phenoxy) is 2. The molecule has 0 aliphatic carbocycles. The molecule has 0 aromatic heterocycles. The number of anilines is 1. The first-order valence-corrected chi connectivity index (χ1v) is 13.7. The minimum Gasteiger partial charge on any atom is -0.493 e. The van der Waals surface area contributed by atoms with Gasteiger partial charge in [0.05, 0.1) is 24.8 Å². The highest BCUT2D eigenvalue weighted by Gasteiger charge is 2.28. The molecule has 10 heteroatoms. The van der Waals surface area contributed by atoms with Gasteiger partial charge in [-0.25, -0.2) is 12.8 Å². The van der Waals surface area contributed by atoms with E-state index in [9.17, 15) is 17.6 Å². The SMILES string of the molecule is COc1ccc(S(=O)(=O)N(CC(=O)NCCSCc2ccccc2F)c2ccc(C)cc2)cc1OC. The average molecular weight is 533 g/mol. The number of halogens is 1. The molecular weight excluding hydrogens is 503 g/mol. The molecule has 0 saturated carbocycles. The fourth-order valence-electron chi connectivity index (χ4n) is 3.38. The van der Waals surface area contributed by atoms with Crippen molar-refractivity contribution in [3.05, 3.63) is 83.7 Å². The van der Waals surface area contributed by atoms with Crippen molar-refractivity contribution in [2.24, 2.45) is 0 Å². The Labute approximate surface area is 215 Å². The Hall–Kier alpha value is -3.24. The summed E-state index contributed by atoms with van der Waals surface area (Å²) in [5.74, 6) is 0.968. The van der Waals surface area contributed by atoms with Crippen LogP contribution >= 0.6 is 11.8 Å². The Balaban J connectivity index is 1.71. The second-order valence-corrected chi connectivity index (χ2v) is 10.8. The van der Waals surface area contributed by atoms with Gasteiger partial charge in [0.15, 0.2) is 11.5 Å². The minimum atomic E-state index is -4.11. The van der Waals surface area contributed by atoms with Gasteiger partial charge in [-0.05, 0) is 42.8 Å². The number of rotatable bonds is 12. The number of aryl methyl sites for hydroxylation is 1. The lowest BCUT2D eigenvalue weighted by Gasteiger charge is -2.24. The van der Waals surface area contributed by atoms with E-state index in [0.717, 1.165) is 9.87 Å². The summed E-state index contributed by atoms with van der Waals surface area (Å²) in [5, 5.41) is 2.76. The monoisotopic (exact) mass is 532 g/mol. The molecule has 3 aromatic carbocycles. The molecule has 0 saturated heterocycles. The highest BCUT2D eigenvalue weighted by molar-refractivity contribution is 7.98. The van der Waals surface area contributed by atoms with Gasteiger partial charge >= 0.3 is 0 Å². The lowest BCUT2D eigenvalue weighted by atomic mass is 10.2. The minimum absolute atomic E-state index is 0.0334. The van der Waals surface area contributed by atoms with Crippen molar-refractivity contribution >= 4 is 33.4 Å². The van der Waals surface area contributed by atoms with Crippen LogP contribution in [0.2, 0.25) is 0 Å². The number of thioether (sulfide) groups is 1. The zero-order chi connectivity index (χ0) is 26.1. The Morgan fingerprint density at radius 2 is 1.69 bits per heavy atom. The van der Waals surface area contributed by atoms with E-state index < -0.39 is 22.5 Å². The summed E-state index contributed by atoms with van der Waals surface area (Å²) < 4.78 is 52.5. The van der Waals surface area contributed by atoms with Crippen LogP contribution < -0.4 is 19.1 Å². The molecule has 0 heterocycles. The van der Waals surface area contributed by atoms with Crippen LogP contribution in [0.5, 0.6) is 11.5 Å². The van der Waals surface area contributed by atoms with Crippen LogP contribution in [-0.2, 0) is 20.6 Å². The molecule has 0 fully saturated rings. The molecule has 192 valence electrons. The van der Waals surface area contributed by atoms with E-state index in [1.807, 2.05) is 6.92 Å². The van der Waals surface area contributed by atoms with Gasteiger partial charge in [-0.15, -0.1) is 0 Å². The van der Waals surface area contributed by atoms with Gasteiger partial charge in [0.1, 0.15) is 12.4 Å². The van der Waals surface area contributed by atoms with E-state index in [2.05, 4.69) is 5.32 Å². The van der Waals surface area contributed by atoms with E-state index in [4.69, 9.17) is 9.47 Å². The largest absolute Gasteiger partial charge is 0.493 e. The Bertz CT molecular complexity index is 1280. The van der Waals surface area contributed by atoms with Crippen LogP contribution in [0.3, 0.4) is 0 Å². The Morgan fingerprint density at radius 1 is 1.00 bits per heavy atom. The second-order valence-electron chi connectivity index (χ2n) is 7.86. The number of hydrogen-bond donors (Lipinski definition) is 1. The number of hydrogen-bond acceptors (Lipinski definition) is 6. The molecule has 0 spiro atoms. The number of carbonyl (C=O) groups excluding carboxylic acids is 1. The van der Waals surface area contributed by atoms with Crippen molar-refractivity contribution in [1.82, 2.24) is 5.32 Å². The smallest absolute Gasteiger partial charge is 0.264 e. The summed E-state index contributed by atoms with van der Waals surface area (Å²) in [5.41, 5.74) is 1.92. The average Bonchev–Trinajstić information content (AvgIpc) is 2.88. The van der Waals surface area contributed by atoms with Crippen molar-refractivity contribution in [3.8, 4) is 11.5 Å². The highest BCUT2D eigenvalue weighted by atomic mass is 32.2. The first kappa shape index (κ1) is 27.3. The number of sulfonamides is 1. The van der Waals surface area contributed by atoms with Gasteiger partial charge in [0, 0.05) is 24.1 Å². The van der Waals surface area contributed by atoms with Crippen molar-refractivity contribution in [2.75, 3.05) is 37.4 Å². The predicted octanol–water partition coefficient (Wildman–Crippen LogP) is 4.40. The van der Waals surface area contributed by atoms with E-state index >= 15 is 0 Å². The lowest BCUT2D eigenvalue weighted by Crippen LogP contribution is -2.41. The summed E-state index contributed by atoms with van der Waals surface area (Å²) in [6.07, 6.45) is 0. The molecular formula is C26H29FN2O5S2. The normalized spacial score (nSPS) is 11.1. The molecule has 0 bridgehead atoms. The van der Waals surface area contributed by atoms with Crippen molar-refractivity contribution in [3.63, 3.8) is 0 Å². The summed E-state index contributed by atoms with van der Waals surface area (Å²) in [4.78, 5) is 12.7. The summed E-state index contributed by atoms with van der Waals surface area (Å²) in [6, 6.07) is 17.7. The van der Waals surface area contributed by atoms with Gasteiger partial charge in [0.2, 0.25) is 5.91 Å². The molecule has 0 aliphatic heterocycles. The zero-order valence-corrected chi connectivity index (χ0v) is 22.0. The van der Waals surface area contributed by atoms with E-state index in [1.165, 1.54) is 50.2 Å². The number of carbonyl (C=O) groups is 1. The molecule has 0 aliphatic rings. The van der Waals surface area contributed by atoms with Gasteiger partial charge in [-0.2, -0.15) is 11.8 Å². The molecule has 1 N–H and O–H groups in total. The van der Waals surface area contributed by atoms with Gasteiger partial charge in [0.25, 0.3) is 10.0 Å². The van der Waals surface area contributed by atoms with E-state index in [1.54, 1.807) is 42.5 Å². The predicted molar refractivity (Wildman–Crippen MR) is 141 cm³/mol. The topological polar surface area (TPSA) is 84.9 Å². The number of benzene rings is 3. The van der Waals surface area contributed by atoms with Gasteiger partial charge in [-0.1, -0.05) is 35.9 Å². The summed E-state index contributed by atoms with van der Waals surface area (Å²) in [7, 11) is -1.22. The first-order chi connectivity index (χ1) is 17.3. The molecule has 3 rings (SSSR count). The standard InChI is InChI=1S/C26H29FN2O5S2/c1-19-8-10-21(11-9-19)29(36(31,32)22-12-13-24(33-2)25(16-22)34-3)17-26(30)28-14-15-35-18-20-6-4-5-7-23(20)27/h4-13,16H,14-15,17-18H2,1-3H3,(H,28,30). The number of methoxy groups -OCH3 is 2. The molecule has 0 atom stereocenters. The van der Waals surface area contributed by atoms with Crippen LogP contribution in [0.4, 0.5) is 10.1 Å². The molecule has 0 unspecified atom stereocenters. The maximum Gasteiger partial charge on any atom is 0.264 e. The van der Waals surface area contributed by atoms with Crippen LogP contribution in [0.15, 0.2) is 71.6 Å². The molecule has 7 nitrogen and oxygen atoms in total. The van der Waals surface area contributed by atoms with E-state index in [0.29, 0.717) is 35.1 Å². The fraction of sp³-hybridized carbons (Fsp3) is 0.269. The van der Waals surface area contributed by atoms with Crippen LogP contribution in [0.25, 0.3) is 0 Å². The molecule has 36 heavy (non-hydrogen) atoms. The van der Waals surface area contributed by atoms with Crippen molar-refractivity contribution in [2.45, 2.75) is 17.6 Å². The summed E-state index contributed by atoms with van der Waals surface area (Å²) in [6.45, 7) is 1.80. The quantitative estimate of drug-likeness (QED) is 0.348. The maximum absolute atomic E-state index is 13.7. The molecule has 1 amide bonds. The number of nitrogens with one attached hydrogen (secondary N) is 1. The Kier molecular flexibility index (Phi) is 9.60. The number of nitrogens with zero attached hydrogens (tertiary/aromatic N) is 1. The maximum atomic E-state index is 13.7. The third-order valence-corrected chi connectivity index (χ3v) is 8.11. The van der Waals surface area contributed by atoms with Crippen LogP contribution in [-0.4, -0.2) is 47.4 Å². The lowest BCUT2D eigenvalue weighted by molar-refractivity contribution is -0.119. The van der Waals surface area contributed by atoms with Crippen molar-refractivity contribution < 1.29 is 27.1 Å². The Morgan fingerprint density at radius 3 is 2.36 bits per heavy atom. The highest BCUT2D eigenvalue weighted by Crippen LogP contribution is 2.32. The van der Waals surface area contributed by atoms with Gasteiger partial charge < -0.3 is 14.8 Å². The molecule has 3 aromatic rings. The van der Waals surface area contributed by atoms with Gasteiger partial charge in [-0.3, -0.25) is 9.10 Å². The van der Waals surface area contributed by atoms with E-state index in [-0.39, 0.29) is 16.5 Å². The van der Waals surface area contributed by atoms with Crippen molar-refractivity contribution in [1.29, 1.82) is 0 Å².